The first-order valence-electron chi connectivity index (χ1n) is 11.6. The van der Waals surface area contributed by atoms with Crippen molar-refractivity contribution in [3.8, 4) is 23.3 Å². The van der Waals surface area contributed by atoms with Crippen LogP contribution in [0.5, 0.6) is 11.5 Å². The summed E-state index contributed by atoms with van der Waals surface area (Å²) in [6.45, 7) is 3.83. The molecule has 4 aromatic rings. The Morgan fingerprint density at radius 1 is 1.00 bits per heavy atom. The van der Waals surface area contributed by atoms with Crippen molar-refractivity contribution in [1.82, 2.24) is 4.98 Å². The van der Waals surface area contributed by atoms with Gasteiger partial charge in [-0.1, -0.05) is 42.3 Å². The van der Waals surface area contributed by atoms with Gasteiger partial charge >= 0.3 is 5.97 Å². The first-order valence-corrected chi connectivity index (χ1v) is 11.6. The van der Waals surface area contributed by atoms with Crippen LogP contribution in [-0.2, 0) is 11.2 Å². The van der Waals surface area contributed by atoms with Crippen LogP contribution in [0.4, 0.5) is 0 Å². The number of H-pyrrole nitrogens is 1. The number of hydrogen-bond acceptors (Lipinski definition) is 3. The fraction of sp³-hybridized carbons (Fsp3) is 0.233. The van der Waals surface area contributed by atoms with Crippen molar-refractivity contribution in [3.05, 3.63) is 95.2 Å². The van der Waals surface area contributed by atoms with Crippen LogP contribution in [0.3, 0.4) is 0 Å². The Labute approximate surface area is 205 Å². The Morgan fingerprint density at radius 2 is 1.71 bits per heavy atom. The van der Waals surface area contributed by atoms with E-state index in [-0.39, 0.29) is 18.4 Å². The molecule has 35 heavy (non-hydrogen) atoms. The number of hydrogen-bond donors (Lipinski definition) is 2. The standard InChI is InChI=1S/C30H29NO4/c1-4-5-24(19-29(32)33)22-8-13-26(14-9-22)35-28(18-21-6-11-25(34-3)12-7-21)27-15-10-23-16-17-31-30(23)20(27)2/h6-17,24,28,31H,18-19H2,1-3H3,(H,32,33). The third kappa shape index (κ3) is 5.67. The van der Waals surface area contributed by atoms with E-state index >= 15 is 0 Å². The van der Waals surface area contributed by atoms with Gasteiger partial charge in [0.25, 0.3) is 0 Å². The van der Waals surface area contributed by atoms with Crippen LogP contribution in [-0.4, -0.2) is 23.2 Å². The molecule has 0 fully saturated rings. The van der Waals surface area contributed by atoms with E-state index in [0.717, 1.165) is 39.3 Å². The topological polar surface area (TPSA) is 71.6 Å². The van der Waals surface area contributed by atoms with Gasteiger partial charge in [0.1, 0.15) is 17.6 Å². The summed E-state index contributed by atoms with van der Waals surface area (Å²) in [4.78, 5) is 14.6. The molecule has 2 atom stereocenters. The number of aliphatic carboxylic acids is 1. The largest absolute Gasteiger partial charge is 0.497 e. The summed E-state index contributed by atoms with van der Waals surface area (Å²) >= 11 is 0. The minimum absolute atomic E-state index is 0.0313. The molecule has 2 unspecified atom stereocenters. The number of methoxy groups -OCH3 is 1. The third-order valence-corrected chi connectivity index (χ3v) is 6.21. The fourth-order valence-electron chi connectivity index (χ4n) is 4.38. The molecule has 1 heterocycles. The van der Waals surface area contributed by atoms with E-state index in [1.54, 1.807) is 14.0 Å². The maximum atomic E-state index is 11.2. The van der Waals surface area contributed by atoms with Gasteiger partial charge in [0.15, 0.2) is 0 Å². The Balaban J connectivity index is 1.64. The predicted molar refractivity (Wildman–Crippen MR) is 138 cm³/mol. The molecular weight excluding hydrogens is 438 g/mol. The number of ether oxygens (including phenoxy) is 2. The minimum atomic E-state index is -0.868. The second kappa shape index (κ2) is 10.8. The van der Waals surface area contributed by atoms with Gasteiger partial charge in [0.05, 0.1) is 19.4 Å². The fourth-order valence-corrected chi connectivity index (χ4v) is 4.38. The van der Waals surface area contributed by atoms with E-state index in [9.17, 15) is 9.90 Å². The number of carboxylic acids is 1. The smallest absolute Gasteiger partial charge is 0.304 e. The van der Waals surface area contributed by atoms with Crippen molar-refractivity contribution in [2.45, 2.75) is 38.7 Å². The van der Waals surface area contributed by atoms with Crippen LogP contribution in [0.15, 0.2) is 72.9 Å². The van der Waals surface area contributed by atoms with Crippen molar-refractivity contribution in [2.24, 2.45) is 0 Å². The summed E-state index contributed by atoms with van der Waals surface area (Å²) in [5.41, 5.74) is 5.38. The van der Waals surface area contributed by atoms with Crippen LogP contribution < -0.4 is 9.47 Å². The molecule has 3 aromatic carbocycles. The van der Waals surface area contributed by atoms with Gasteiger partial charge in [-0.2, -0.15) is 0 Å². The molecule has 0 saturated heterocycles. The van der Waals surface area contributed by atoms with Gasteiger partial charge < -0.3 is 19.6 Å². The normalized spacial score (nSPS) is 12.4. The number of carbonyl (C=O) groups is 1. The van der Waals surface area contributed by atoms with E-state index in [4.69, 9.17) is 9.47 Å². The number of aromatic nitrogens is 1. The van der Waals surface area contributed by atoms with Crippen LogP contribution >= 0.6 is 0 Å². The lowest BCUT2D eigenvalue weighted by Crippen LogP contribution is -2.13. The second-order valence-corrected chi connectivity index (χ2v) is 8.49. The first kappa shape index (κ1) is 24.0. The highest BCUT2D eigenvalue weighted by atomic mass is 16.5. The summed E-state index contributed by atoms with van der Waals surface area (Å²) < 4.78 is 11.8. The summed E-state index contributed by atoms with van der Waals surface area (Å²) in [5.74, 6) is 6.15. The van der Waals surface area contributed by atoms with Gasteiger partial charge in [-0.3, -0.25) is 4.79 Å². The molecular formula is C30H29NO4. The van der Waals surface area contributed by atoms with E-state index in [1.165, 1.54) is 5.39 Å². The van der Waals surface area contributed by atoms with Crippen LogP contribution in [0.2, 0.25) is 0 Å². The summed E-state index contributed by atoms with van der Waals surface area (Å²) in [6.07, 6.45) is 2.39. The molecule has 0 amide bonds. The molecule has 0 saturated carbocycles. The highest BCUT2D eigenvalue weighted by Crippen LogP contribution is 2.32. The van der Waals surface area contributed by atoms with Gasteiger partial charge in [-0.25, -0.2) is 0 Å². The van der Waals surface area contributed by atoms with Gasteiger partial charge in [-0.15, -0.1) is 5.92 Å². The number of aryl methyl sites for hydroxylation is 1. The van der Waals surface area contributed by atoms with E-state index in [1.807, 2.05) is 42.6 Å². The van der Waals surface area contributed by atoms with E-state index in [0.29, 0.717) is 6.42 Å². The predicted octanol–water partition coefficient (Wildman–Crippen LogP) is 6.43. The van der Waals surface area contributed by atoms with E-state index < -0.39 is 5.97 Å². The van der Waals surface area contributed by atoms with Gasteiger partial charge in [0, 0.05) is 18.1 Å². The molecule has 178 valence electrons. The summed E-state index contributed by atoms with van der Waals surface area (Å²) in [6, 6.07) is 21.9. The number of fused-ring (bicyclic) bond motifs is 1. The SMILES string of the molecule is CC#CC(CC(=O)O)c1ccc(OC(Cc2ccc(OC)cc2)c2ccc3cc[nH]c3c2C)cc1. The van der Waals surface area contributed by atoms with Crippen molar-refractivity contribution in [3.63, 3.8) is 0 Å². The monoisotopic (exact) mass is 467 g/mol. The van der Waals surface area contributed by atoms with Crippen LogP contribution in [0.1, 0.15) is 47.6 Å². The molecule has 0 aliphatic heterocycles. The molecule has 5 heteroatoms. The highest BCUT2D eigenvalue weighted by molar-refractivity contribution is 5.83. The lowest BCUT2D eigenvalue weighted by atomic mass is 9.95. The molecule has 0 bridgehead atoms. The van der Waals surface area contributed by atoms with Crippen molar-refractivity contribution in [2.75, 3.05) is 7.11 Å². The van der Waals surface area contributed by atoms with Gasteiger partial charge in [-0.05, 0) is 71.8 Å². The molecule has 2 N–H and O–H groups in total. The average Bonchev–Trinajstić information content (AvgIpc) is 3.34. The molecule has 1 aromatic heterocycles. The highest BCUT2D eigenvalue weighted by Gasteiger charge is 2.20. The van der Waals surface area contributed by atoms with Crippen molar-refractivity contribution >= 4 is 16.9 Å². The maximum absolute atomic E-state index is 11.2. The number of carboxylic acid groups (broad SMARTS) is 1. The molecule has 0 spiro atoms. The molecule has 0 aliphatic rings. The van der Waals surface area contributed by atoms with Crippen LogP contribution in [0, 0.1) is 18.8 Å². The zero-order chi connectivity index (χ0) is 24.8. The molecule has 5 nitrogen and oxygen atoms in total. The number of rotatable bonds is 9. The maximum Gasteiger partial charge on any atom is 0.304 e. The number of aromatic amines is 1. The lowest BCUT2D eigenvalue weighted by Gasteiger charge is -2.22. The third-order valence-electron chi connectivity index (χ3n) is 6.21. The Kier molecular flexibility index (Phi) is 7.42. The number of nitrogens with one attached hydrogen (secondary N) is 1. The van der Waals surface area contributed by atoms with Crippen LogP contribution in [0.25, 0.3) is 10.9 Å². The first-order chi connectivity index (χ1) is 17.0. The minimum Gasteiger partial charge on any atom is -0.497 e. The second-order valence-electron chi connectivity index (χ2n) is 8.49. The lowest BCUT2D eigenvalue weighted by molar-refractivity contribution is -0.137. The van der Waals surface area contributed by atoms with Gasteiger partial charge in [0.2, 0.25) is 0 Å². The zero-order valence-electron chi connectivity index (χ0n) is 20.2. The Bertz CT molecular complexity index is 1360. The number of benzene rings is 3. The zero-order valence-corrected chi connectivity index (χ0v) is 20.2. The van der Waals surface area contributed by atoms with Crippen molar-refractivity contribution in [1.29, 1.82) is 0 Å². The quantitative estimate of drug-likeness (QED) is 0.278. The average molecular weight is 468 g/mol. The molecule has 0 radical (unpaired) electrons. The Morgan fingerprint density at radius 3 is 2.37 bits per heavy atom. The Hall–Kier alpha value is -4.17. The molecule has 0 aliphatic carbocycles. The summed E-state index contributed by atoms with van der Waals surface area (Å²) in [7, 11) is 1.66. The summed E-state index contributed by atoms with van der Waals surface area (Å²) in [5, 5.41) is 10.4. The molecule has 4 rings (SSSR count). The van der Waals surface area contributed by atoms with E-state index in [2.05, 4.69) is 54.1 Å². The van der Waals surface area contributed by atoms with Crippen molar-refractivity contribution < 1.29 is 19.4 Å².